The van der Waals surface area contributed by atoms with E-state index in [0.29, 0.717) is 0 Å². The Morgan fingerprint density at radius 1 is 0.757 bits per heavy atom. The molecule has 3 nitrogen and oxygen atoms in total. The highest BCUT2D eigenvalue weighted by Crippen LogP contribution is 2.38. The standard InChI is InChI=1S/C33H42O3S/c1-24-13-17-26(18-14-24)9-5-7-11-28-21-22-30(37-28)32(36)29(33(3,4)23-31(34)35)12-8-6-10-27-19-15-25(2)16-20-27/h13-22,29H,5-12,23H2,1-4H3,(H,34,35). The van der Waals surface area contributed by atoms with Gasteiger partial charge in [-0.05, 0) is 87.5 Å². The minimum atomic E-state index is -0.845. The predicted molar refractivity (Wildman–Crippen MR) is 155 cm³/mol. The van der Waals surface area contributed by atoms with Crippen LogP contribution in [0.2, 0.25) is 0 Å². The lowest BCUT2D eigenvalue weighted by Gasteiger charge is -2.32. The number of ketones is 1. The average molecular weight is 519 g/mol. The second-order valence-corrected chi connectivity index (χ2v) is 12.3. The second kappa shape index (κ2) is 13.7. The van der Waals surface area contributed by atoms with E-state index in [2.05, 4.69) is 68.4 Å². The number of benzene rings is 2. The van der Waals surface area contributed by atoms with E-state index >= 15 is 0 Å². The molecular formula is C33H42O3S. The van der Waals surface area contributed by atoms with Crippen molar-refractivity contribution in [3.63, 3.8) is 0 Å². The number of aliphatic carboxylic acids is 1. The lowest BCUT2D eigenvalue weighted by molar-refractivity contribution is -0.139. The summed E-state index contributed by atoms with van der Waals surface area (Å²) in [7, 11) is 0. The van der Waals surface area contributed by atoms with Gasteiger partial charge in [0.25, 0.3) is 0 Å². The van der Waals surface area contributed by atoms with Crippen molar-refractivity contribution in [2.45, 2.75) is 85.5 Å². The zero-order valence-electron chi connectivity index (χ0n) is 22.9. The molecule has 198 valence electrons. The third-order valence-corrected chi connectivity index (χ3v) is 8.52. The molecule has 0 amide bonds. The van der Waals surface area contributed by atoms with Crippen LogP contribution in [0.15, 0.2) is 60.7 Å². The van der Waals surface area contributed by atoms with E-state index < -0.39 is 11.4 Å². The molecule has 1 atom stereocenters. The van der Waals surface area contributed by atoms with Gasteiger partial charge in [0.2, 0.25) is 0 Å². The van der Waals surface area contributed by atoms with Crippen molar-refractivity contribution in [2.24, 2.45) is 11.3 Å². The summed E-state index contributed by atoms with van der Waals surface area (Å²) in [6.45, 7) is 8.07. The molecule has 1 N–H and O–H groups in total. The number of carbonyl (C=O) groups excluding carboxylic acids is 1. The molecule has 1 aromatic heterocycles. The molecule has 0 saturated heterocycles. The number of carboxylic acid groups (broad SMARTS) is 1. The topological polar surface area (TPSA) is 54.4 Å². The number of carboxylic acids is 1. The first-order chi connectivity index (χ1) is 17.6. The van der Waals surface area contributed by atoms with Gasteiger partial charge in [-0.25, -0.2) is 0 Å². The van der Waals surface area contributed by atoms with Gasteiger partial charge in [0.1, 0.15) is 0 Å². The smallest absolute Gasteiger partial charge is 0.303 e. The van der Waals surface area contributed by atoms with Crippen LogP contribution in [0.5, 0.6) is 0 Å². The summed E-state index contributed by atoms with van der Waals surface area (Å²) in [5.74, 6) is -1.03. The Morgan fingerprint density at radius 3 is 1.81 bits per heavy atom. The SMILES string of the molecule is Cc1ccc(CCCCc2ccc(C(=O)C(CCCCc3ccc(C)cc3)C(C)(C)CC(=O)O)s2)cc1. The molecule has 1 unspecified atom stereocenters. The van der Waals surface area contributed by atoms with Crippen molar-refractivity contribution < 1.29 is 14.7 Å². The number of carbonyl (C=O) groups is 2. The molecule has 2 aromatic carbocycles. The van der Waals surface area contributed by atoms with Gasteiger partial charge >= 0.3 is 5.97 Å². The van der Waals surface area contributed by atoms with Crippen LogP contribution in [0, 0.1) is 25.2 Å². The van der Waals surface area contributed by atoms with Gasteiger partial charge in [-0.2, -0.15) is 0 Å². The Morgan fingerprint density at radius 2 is 1.27 bits per heavy atom. The van der Waals surface area contributed by atoms with Crippen LogP contribution in [0.3, 0.4) is 0 Å². The van der Waals surface area contributed by atoms with Crippen molar-refractivity contribution in [1.82, 2.24) is 0 Å². The number of hydrogen-bond donors (Lipinski definition) is 1. The average Bonchev–Trinajstić information content (AvgIpc) is 3.32. The molecular weight excluding hydrogens is 476 g/mol. The van der Waals surface area contributed by atoms with E-state index in [4.69, 9.17) is 0 Å². The maximum atomic E-state index is 13.6. The van der Waals surface area contributed by atoms with Gasteiger partial charge in [0.05, 0.1) is 11.3 Å². The highest BCUT2D eigenvalue weighted by molar-refractivity contribution is 7.14. The number of hydrogen-bond acceptors (Lipinski definition) is 3. The Hall–Kier alpha value is -2.72. The van der Waals surface area contributed by atoms with Crippen LogP contribution in [-0.2, 0) is 24.1 Å². The number of rotatable bonds is 15. The van der Waals surface area contributed by atoms with E-state index in [-0.39, 0.29) is 18.1 Å². The summed E-state index contributed by atoms with van der Waals surface area (Å²) >= 11 is 1.59. The Kier molecular flexibility index (Phi) is 10.7. The minimum absolute atomic E-state index is 0.00138. The van der Waals surface area contributed by atoms with E-state index in [1.807, 2.05) is 19.9 Å². The third kappa shape index (κ3) is 9.27. The fourth-order valence-electron chi connectivity index (χ4n) is 5.02. The summed E-state index contributed by atoms with van der Waals surface area (Å²) in [5.41, 5.74) is 4.63. The first-order valence-corrected chi connectivity index (χ1v) is 14.4. The normalized spacial score (nSPS) is 12.4. The van der Waals surface area contributed by atoms with Crippen LogP contribution in [0.4, 0.5) is 0 Å². The van der Waals surface area contributed by atoms with E-state index in [1.165, 1.54) is 27.1 Å². The maximum absolute atomic E-state index is 13.6. The van der Waals surface area contributed by atoms with E-state index in [1.54, 1.807) is 11.3 Å². The zero-order chi connectivity index (χ0) is 26.8. The molecule has 0 spiro atoms. The molecule has 1 heterocycles. The molecule has 0 saturated carbocycles. The van der Waals surface area contributed by atoms with Gasteiger partial charge in [-0.3, -0.25) is 9.59 Å². The van der Waals surface area contributed by atoms with Crippen LogP contribution >= 0.6 is 11.3 Å². The van der Waals surface area contributed by atoms with Gasteiger partial charge in [0.15, 0.2) is 5.78 Å². The molecule has 37 heavy (non-hydrogen) atoms. The number of aryl methyl sites for hydroxylation is 5. The third-order valence-electron chi connectivity index (χ3n) is 7.36. The van der Waals surface area contributed by atoms with Crippen molar-refractivity contribution in [2.75, 3.05) is 0 Å². The molecule has 0 aliphatic heterocycles. The maximum Gasteiger partial charge on any atom is 0.303 e. The lowest BCUT2D eigenvalue weighted by atomic mass is 9.71. The monoisotopic (exact) mass is 518 g/mol. The van der Waals surface area contributed by atoms with Crippen LogP contribution in [0.25, 0.3) is 0 Å². The minimum Gasteiger partial charge on any atom is -0.481 e. The summed E-state index contributed by atoms with van der Waals surface area (Å²) in [6, 6.07) is 21.4. The summed E-state index contributed by atoms with van der Waals surface area (Å²) in [4.78, 5) is 27.2. The highest BCUT2D eigenvalue weighted by Gasteiger charge is 2.37. The molecule has 0 aliphatic rings. The van der Waals surface area contributed by atoms with Gasteiger partial charge < -0.3 is 5.11 Å². The first-order valence-electron chi connectivity index (χ1n) is 13.6. The van der Waals surface area contributed by atoms with Gasteiger partial charge in [-0.15, -0.1) is 11.3 Å². The fourth-order valence-corrected chi connectivity index (χ4v) is 6.07. The van der Waals surface area contributed by atoms with Crippen molar-refractivity contribution in [3.8, 4) is 0 Å². The quantitative estimate of drug-likeness (QED) is 0.162. The fraction of sp³-hybridized carbons (Fsp3) is 0.455. The number of Topliss-reactive ketones (excluding diaryl/α,β-unsaturated/α-hetero) is 1. The van der Waals surface area contributed by atoms with Crippen molar-refractivity contribution in [1.29, 1.82) is 0 Å². The Balaban J connectivity index is 1.56. The van der Waals surface area contributed by atoms with Gasteiger partial charge in [-0.1, -0.05) is 79.9 Å². The number of thiophene rings is 1. The second-order valence-electron chi connectivity index (χ2n) is 11.2. The molecule has 4 heteroatoms. The van der Waals surface area contributed by atoms with Crippen molar-refractivity contribution in [3.05, 3.63) is 92.7 Å². The molecule has 3 rings (SSSR count). The zero-order valence-corrected chi connectivity index (χ0v) is 23.7. The van der Waals surface area contributed by atoms with Crippen LogP contribution < -0.4 is 0 Å². The lowest BCUT2D eigenvalue weighted by Crippen LogP contribution is -2.33. The predicted octanol–water partition coefficient (Wildman–Crippen LogP) is 8.64. The van der Waals surface area contributed by atoms with E-state index in [0.717, 1.165) is 56.2 Å². The van der Waals surface area contributed by atoms with Crippen molar-refractivity contribution >= 4 is 23.1 Å². The molecule has 0 radical (unpaired) electrons. The summed E-state index contributed by atoms with van der Waals surface area (Å²) in [6.07, 6.45) is 7.86. The molecule has 0 fully saturated rings. The summed E-state index contributed by atoms with van der Waals surface area (Å²) < 4.78 is 0. The van der Waals surface area contributed by atoms with Gasteiger partial charge in [0, 0.05) is 10.8 Å². The Bertz CT molecular complexity index is 1140. The molecule has 0 aliphatic carbocycles. The Labute approximate surface area is 227 Å². The highest BCUT2D eigenvalue weighted by atomic mass is 32.1. The largest absolute Gasteiger partial charge is 0.481 e. The van der Waals surface area contributed by atoms with Crippen LogP contribution in [0.1, 0.15) is 89.2 Å². The molecule has 3 aromatic rings. The summed E-state index contributed by atoms with van der Waals surface area (Å²) in [5, 5.41) is 9.50. The first kappa shape index (κ1) is 28.8. The van der Waals surface area contributed by atoms with E-state index in [9.17, 15) is 14.7 Å². The van der Waals surface area contributed by atoms with Crippen LogP contribution in [-0.4, -0.2) is 16.9 Å². The molecule has 0 bridgehead atoms. The number of unbranched alkanes of at least 4 members (excludes halogenated alkanes) is 2.